The molecule has 10 heteroatoms. The number of hydrogen-bond acceptors (Lipinski definition) is 7. The van der Waals surface area contributed by atoms with Gasteiger partial charge in [0.25, 0.3) is 5.91 Å². The third kappa shape index (κ3) is 6.49. The molecule has 2 N–H and O–H groups in total. The van der Waals surface area contributed by atoms with E-state index in [2.05, 4.69) is 25.7 Å². The predicted molar refractivity (Wildman–Crippen MR) is 122 cm³/mol. The Bertz CT molecular complexity index is 992. The minimum absolute atomic E-state index is 0. The normalized spacial score (nSPS) is 13.9. The number of ether oxygens (including phenoxy) is 1. The highest BCUT2D eigenvalue weighted by Crippen LogP contribution is 2.22. The molecule has 1 saturated heterocycles. The molecule has 1 amide bonds. The molecule has 0 aliphatic carbocycles. The molecule has 8 nitrogen and oxygen atoms in total. The van der Waals surface area contributed by atoms with Crippen molar-refractivity contribution in [1.29, 1.82) is 0 Å². The molecule has 4 rings (SSSR count). The fraction of sp³-hybridized carbons (Fsp3) is 0.318. The standard InChI is InChI=1S/C22H24FN5O3.ClH/c23-18-6-2-16(3-7-18)20(29)25-19-8-4-17(5-9-19)21-26-27-22(31-21)24-10-1-11-28-12-14-30-15-13-28;/h2-9H,1,10-15H2,(H,24,27)(H,25,29);1H. The maximum atomic E-state index is 13.0. The fourth-order valence-electron chi connectivity index (χ4n) is 3.23. The number of rotatable bonds is 8. The Morgan fingerprint density at radius 1 is 1.03 bits per heavy atom. The second-order valence-electron chi connectivity index (χ2n) is 7.19. The third-order valence-corrected chi connectivity index (χ3v) is 4.95. The number of amides is 1. The zero-order chi connectivity index (χ0) is 21.5. The van der Waals surface area contributed by atoms with Crippen molar-refractivity contribution < 1.29 is 18.3 Å². The van der Waals surface area contributed by atoms with E-state index in [-0.39, 0.29) is 24.1 Å². The van der Waals surface area contributed by atoms with Gasteiger partial charge < -0.3 is 19.8 Å². The summed E-state index contributed by atoms with van der Waals surface area (Å²) in [7, 11) is 0. The number of nitrogens with zero attached hydrogens (tertiary/aromatic N) is 3. The molecule has 32 heavy (non-hydrogen) atoms. The van der Waals surface area contributed by atoms with Gasteiger partial charge in [0.05, 0.1) is 13.2 Å². The molecule has 0 atom stereocenters. The number of aromatic nitrogens is 2. The van der Waals surface area contributed by atoms with E-state index >= 15 is 0 Å². The van der Waals surface area contributed by atoms with Crippen LogP contribution in [0, 0.1) is 5.82 Å². The maximum absolute atomic E-state index is 13.0. The van der Waals surface area contributed by atoms with Crippen molar-refractivity contribution in [3.63, 3.8) is 0 Å². The highest BCUT2D eigenvalue weighted by atomic mass is 35.5. The van der Waals surface area contributed by atoms with E-state index in [0.717, 1.165) is 51.4 Å². The zero-order valence-electron chi connectivity index (χ0n) is 17.4. The highest BCUT2D eigenvalue weighted by Gasteiger charge is 2.11. The van der Waals surface area contributed by atoms with Gasteiger partial charge >= 0.3 is 6.01 Å². The van der Waals surface area contributed by atoms with E-state index in [1.165, 1.54) is 24.3 Å². The SMILES string of the molecule is Cl.O=C(Nc1ccc(-c2nnc(NCCCN3CCOCC3)o2)cc1)c1ccc(F)cc1. The van der Waals surface area contributed by atoms with E-state index in [1.54, 1.807) is 24.3 Å². The van der Waals surface area contributed by atoms with Gasteiger partial charge in [0.2, 0.25) is 5.89 Å². The Hall–Kier alpha value is -3.01. The Morgan fingerprint density at radius 2 is 1.75 bits per heavy atom. The quantitative estimate of drug-likeness (QED) is 0.494. The zero-order valence-corrected chi connectivity index (χ0v) is 18.2. The average molecular weight is 462 g/mol. The Morgan fingerprint density at radius 3 is 2.47 bits per heavy atom. The summed E-state index contributed by atoms with van der Waals surface area (Å²) in [4.78, 5) is 14.6. The van der Waals surface area contributed by atoms with Crippen LogP contribution in [0.15, 0.2) is 52.9 Å². The summed E-state index contributed by atoms with van der Waals surface area (Å²) < 4.78 is 24.0. The van der Waals surface area contributed by atoms with Gasteiger partial charge in [-0.25, -0.2) is 4.39 Å². The van der Waals surface area contributed by atoms with Crippen molar-refractivity contribution in [3.8, 4) is 11.5 Å². The van der Waals surface area contributed by atoms with Crippen LogP contribution in [0.25, 0.3) is 11.5 Å². The van der Waals surface area contributed by atoms with Crippen LogP contribution in [-0.2, 0) is 4.74 Å². The van der Waals surface area contributed by atoms with E-state index in [1.807, 2.05) is 0 Å². The lowest BCUT2D eigenvalue weighted by Gasteiger charge is -2.26. The molecule has 1 fully saturated rings. The Labute approximate surface area is 191 Å². The number of carbonyl (C=O) groups excluding carboxylic acids is 1. The van der Waals surface area contributed by atoms with Crippen molar-refractivity contribution in [2.75, 3.05) is 50.0 Å². The average Bonchev–Trinajstić information content (AvgIpc) is 3.27. The smallest absolute Gasteiger partial charge is 0.315 e. The first-order valence-electron chi connectivity index (χ1n) is 10.2. The topological polar surface area (TPSA) is 92.5 Å². The Kier molecular flexibility index (Phi) is 8.55. The molecular formula is C22H25ClFN5O3. The first kappa shape index (κ1) is 23.6. The van der Waals surface area contributed by atoms with Crippen LogP contribution in [0.5, 0.6) is 0 Å². The van der Waals surface area contributed by atoms with Gasteiger partial charge in [-0.15, -0.1) is 17.5 Å². The molecule has 0 unspecified atom stereocenters. The molecular weight excluding hydrogens is 437 g/mol. The van der Waals surface area contributed by atoms with Gasteiger partial charge in [-0.3, -0.25) is 9.69 Å². The van der Waals surface area contributed by atoms with Crippen LogP contribution in [0.3, 0.4) is 0 Å². The van der Waals surface area contributed by atoms with Crippen molar-refractivity contribution in [2.24, 2.45) is 0 Å². The number of morpholine rings is 1. The molecule has 2 aromatic carbocycles. The lowest BCUT2D eigenvalue weighted by atomic mass is 10.2. The van der Waals surface area contributed by atoms with Crippen LogP contribution in [0.4, 0.5) is 16.1 Å². The van der Waals surface area contributed by atoms with E-state index in [9.17, 15) is 9.18 Å². The van der Waals surface area contributed by atoms with Gasteiger partial charge in [0.1, 0.15) is 5.82 Å². The molecule has 3 aromatic rings. The minimum atomic E-state index is -0.383. The van der Waals surface area contributed by atoms with Crippen LogP contribution in [-0.4, -0.2) is 60.4 Å². The molecule has 1 aromatic heterocycles. The van der Waals surface area contributed by atoms with Gasteiger partial charge in [0.15, 0.2) is 0 Å². The summed E-state index contributed by atoms with van der Waals surface area (Å²) in [6.45, 7) is 5.30. The lowest BCUT2D eigenvalue weighted by molar-refractivity contribution is 0.0378. The number of nitrogens with one attached hydrogen (secondary N) is 2. The number of benzene rings is 2. The number of anilines is 2. The molecule has 2 heterocycles. The highest BCUT2D eigenvalue weighted by molar-refractivity contribution is 6.04. The molecule has 0 spiro atoms. The second-order valence-corrected chi connectivity index (χ2v) is 7.19. The number of halogens is 2. The Balaban J connectivity index is 0.00000289. The fourth-order valence-corrected chi connectivity index (χ4v) is 3.23. The number of carbonyl (C=O) groups is 1. The van der Waals surface area contributed by atoms with E-state index in [0.29, 0.717) is 23.2 Å². The van der Waals surface area contributed by atoms with Crippen LogP contribution in [0.1, 0.15) is 16.8 Å². The van der Waals surface area contributed by atoms with Crippen molar-refractivity contribution in [2.45, 2.75) is 6.42 Å². The summed E-state index contributed by atoms with van der Waals surface area (Å²) in [6.07, 6.45) is 0.972. The summed E-state index contributed by atoms with van der Waals surface area (Å²) in [6, 6.07) is 12.8. The van der Waals surface area contributed by atoms with Gasteiger partial charge in [-0.1, -0.05) is 5.10 Å². The molecule has 0 bridgehead atoms. The van der Waals surface area contributed by atoms with Crippen LogP contribution >= 0.6 is 12.4 Å². The van der Waals surface area contributed by atoms with Gasteiger partial charge in [0, 0.05) is 36.4 Å². The van der Waals surface area contributed by atoms with Crippen molar-refractivity contribution >= 4 is 30.0 Å². The molecule has 170 valence electrons. The van der Waals surface area contributed by atoms with Crippen LogP contribution < -0.4 is 10.6 Å². The van der Waals surface area contributed by atoms with Crippen molar-refractivity contribution in [3.05, 3.63) is 59.9 Å². The number of hydrogen-bond donors (Lipinski definition) is 2. The second kappa shape index (κ2) is 11.6. The summed E-state index contributed by atoms with van der Waals surface area (Å²) in [5.74, 6) is -0.299. The first-order chi connectivity index (χ1) is 15.2. The summed E-state index contributed by atoms with van der Waals surface area (Å²) in [5.41, 5.74) is 1.74. The largest absolute Gasteiger partial charge is 0.403 e. The predicted octanol–water partition coefficient (Wildman–Crippen LogP) is 3.68. The molecule has 0 radical (unpaired) electrons. The van der Waals surface area contributed by atoms with Gasteiger partial charge in [-0.2, -0.15) is 0 Å². The van der Waals surface area contributed by atoms with E-state index in [4.69, 9.17) is 9.15 Å². The van der Waals surface area contributed by atoms with Crippen molar-refractivity contribution in [1.82, 2.24) is 15.1 Å². The lowest BCUT2D eigenvalue weighted by Crippen LogP contribution is -2.37. The summed E-state index contributed by atoms with van der Waals surface area (Å²) in [5, 5.41) is 14.0. The summed E-state index contributed by atoms with van der Waals surface area (Å²) >= 11 is 0. The van der Waals surface area contributed by atoms with Crippen LogP contribution in [0.2, 0.25) is 0 Å². The monoisotopic (exact) mass is 461 g/mol. The molecule has 0 saturated carbocycles. The first-order valence-corrected chi connectivity index (χ1v) is 10.2. The third-order valence-electron chi connectivity index (χ3n) is 4.95. The van der Waals surface area contributed by atoms with Gasteiger partial charge in [-0.05, 0) is 61.5 Å². The maximum Gasteiger partial charge on any atom is 0.315 e. The van der Waals surface area contributed by atoms with E-state index < -0.39 is 0 Å². The molecule has 1 aliphatic rings. The minimum Gasteiger partial charge on any atom is -0.403 e. The molecule has 1 aliphatic heterocycles.